The van der Waals surface area contributed by atoms with E-state index in [1.54, 1.807) is 0 Å². The van der Waals surface area contributed by atoms with E-state index in [1.807, 2.05) is 0 Å². The lowest BCUT2D eigenvalue weighted by Gasteiger charge is -2.18. The van der Waals surface area contributed by atoms with Crippen molar-refractivity contribution in [2.24, 2.45) is 0 Å². The van der Waals surface area contributed by atoms with E-state index in [0.29, 0.717) is 19.3 Å². The summed E-state index contributed by atoms with van der Waals surface area (Å²) in [5.74, 6) is -0.889. The SMILES string of the molecule is CCCCCC/C=C\CCCCCCCC(=O)OC(COC(=O)CCCCCCCC/C=C\C/C=C\C/C=C\CCCCCCC)COC(=O)CCCCCCCCCCCCCCC. The Morgan fingerprint density at radius 2 is 0.554 bits per heavy atom. The molecule has 6 heteroatoms. The second-order valence-electron chi connectivity index (χ2n) is 18.8. The van der Waals surface area contributed by atoms with E-state index in [9.17, 15) is 14.4 Å². The van der Waals surface area contributed by atoms with Crippen LogP contribution in [0.4, 0.5) is 0 Å². The molecule has 0 radical (unpaired) electrons. The highest BCUT2D eigenvalue weighted by molar-refractivity contribution is 5.71. The molecule has 0 amide bonds. The maximum atomic E-state index is 12.8. The Balaban J connectivity index is 4.34. The molecule has 0 aromatic carbocycles. The van der Waals surface area contributed by atoms with Gasteiger partial charge in [0.1, 0.15) is 13.2 Å². The van der Waals surface area contributed by atoms with Crippen molar-refractivity contribution in [3.63, 3.8) is 0 Å². The lowest BCUT2D eigenvalue weighted by atomic mass is 10.0. The van der Waals surface area contributed by atoms with Gasteiger partial charge in [0.2, 0.25) is 0 Å². The first-order valence-electron chi connectivity index (χ1n) is 28.1. The fraction of sp³-hybridized carbons (Fsp3) is 0.814. The molecule has 65 heavy (non-hydrogen) atoms. The zero-order chi connectivity index (χ0) is 47.2. The molecule has 0 aliphatic rings. The monoisotopic (exact) mass is 911 g/mol. The molecular formula is C59H106O6. The van der Waals surface area contributed by atoms with Crippen LogP contribution in [0.15, 0.2) is 48.6 Å². The molecule has 0 N–H and O–H groups in total. The Kier molecular flexibility index (Phi) is 51.8. The molecular weight excluding hydrogens is 805 g/mol. The minimum atomic E-state index is -0.780. The molecule has 0 bridgehead atoms. The highest BCUT2D eigenvalue weighted by Crippen LogP contribution is 2.15. The van der Waals surface area contributed by atoms with Crippen LogP contribution in [0.25, 0.3) is 0 Å². The van der Waals surface area contributed by atoms with Gasteiger partial charge in [0, 0.05) is 19.3 Å². The summed E-state index contributed by atoms with van der Waals surface area (Å²) in [5.41, 5.74) is 0. The predicted molar refractivity (Wildman–Crippen MR) is 279 cm³/mol. The predicted octanol–water partition coefficient (Wildman–Crippen LogP) is 18.7. The van der Waals surface area contributed by atoms with Crippen molar-refractivity contribution in [1.82, 2.24) is 0 Å². The fourth-order valence-corrected chi connectivity index (χ4v) is 8.03. The number of allylic oxidation sites excluding steroid dienone is 8. The average molecular weight is 911 g/mol. The van der Waals surface area contributed by atoms with Gasteiger partial charge in [0.25, 0.3) is 0 Å². The van der Waals surface area contributed by atoms with E-state index >= 15 is 0 Å². The van der Waals surface area contributed by atoms with Crippen LogP contribution in [0.5, 0.6) is 0 Å². The van der Waals surface area contributed by atoms with Crippen molar-refractivity contribution in [3.8, 4) is 0 Å². The van der Waals surface area contributed by atoms with Gasteiger partial charge in [-0.3, -0.25) is 14.4 Å². The number of hydrogen-bond acceptors (Lipinski definition) is 6. The molecule has 0 heterocycles. The van der Waals surface area contributed by atoms with Gasteiger partial charge < -0.3 is 14.2 Å². The maximum Gasteiger partial charge on any atom is 0.306 e. The van der Waals surface area contributed by atoms with Gasteiger partial charge in [-0.2, -0.15) is 0 Å². The molecule has 1 atom stereocenters. The summed E-state index contributed by atoms with van der Waals surface area (Å²) in [4.78, 5) is 38.1. The quantitative estimate of drug-likeness (QED) is 0.0262. The van der Waals surface area contributed by atoms with Gasteiger partial charge in [-0.05, 0) is 83.5 Å². The van der Waals surface area contributed by atoms with E-state index in [1.165, 1.54) is 161 Å². The molecule has 0 aliphatic carbocycles. The number of ether oxygens (including phenoxy) is 3. The minimum absolute atomic E-state index is 0.0781. The van der Waals surface area contributed by atoms with Crippen molar-refractivity contribution >= 4 is 17.9 Å². The smallest absolute Gasteiger partial charge is 0.306 e. The molecule has 0 aromatic heterocycles. The van der Waals surface area contributed by atoms with Gasteiger partial charge in [0.15, 0.2) is 6.10 Å². The van der Waals surface area contributed by atoms with Crippen LogP contribution >= 0.6 is 0 Å². The van der Waals surface area contributed by atoms with Crippen LogP contribution in [-0.2, 0) is 28.6 Å². The van der Waals surface area contributed by atoms with Crippen LogP contribution < -0.4 is 0 Å². The summed E-state index contributed by atoms with van der Waals surface area (Å²) >= 11 is 0. The van der Waals surface area contributed by atoms with Crippen molar-refractivity contribution in [3.05, 3.63) is 48.6 Å². The van der Waals surface area contributed by atoms with Crippen molar-refractivity contribution in [2.75, 3.05) is 13.2 Å². The molecule has 0 rings (SSSR count). The Bertz CT molecular complexity index is 1140. The van der Waals surface area contributed by atoms with Crippen LogP contribution in [0.3, 0.4) is 0 Å². The van der Waals surface area contributed by atoms with Crippen LogP contribution in [0, 0.1) is 0 Å². The van der Waals surface area contributed by atoms with Crippen LogP contribution in [-0.4, -0.2) is 37.2 Å². The molecule has 378 valence electrons. The summed E-state index contributed by atoms with van der Waals surface area (Å²) in [6.07, 6.45) is 65.2. The lowest BCUT2D eigenvalue weighted by molar-refractivity contribution is -0.167. The molecule has 0 aliphatic heterocycles. The Morgan fingerprint density at radius 1 is 0.308 bits per heavy atom. The van der Waals surface area contributed by atoms with Crippen molar-refractivity contribution in [1.29, 1.82) is 0 Å². The number of carbonyl (C=O) groups is 3. The number of esters is 3. The zero-order valence-electron chi connectivity index (χ0n) is 43.3. The summed E-state index contributed by atoms with van der Waals surface area (Å²) < 4.78 is 16.8. The largest absolute Gasteiger partial charge is 0.462 e. The van der Waals surface area contributed by atoms with Gasteiger partial charge in [-0.1, -0.05) is 236 Å². The van der Waals surface area contributed by atoms with Crippen LogP contribution in [0.1, 0.15) is 290 Å². The summed E-state index contributed by atoms with van der Waals surface area (Å²) in [5, 5.41) is 0. The highest BCUT2D eigenvalue weighted by atomic mass is 16.6. The second kappa shape index (κ2) is 54.0. The molecule has 1 unspecified atom stereocenters. The molecule has 0 saturated heterocycles. The van der Waals surface area contributed by atoms with Crippen molar-refractivity contribution in [2.45, 2.75) is 297 Å². The lowest BCUT2D eigenvalue weighted by Crippen LogP contribution is -2.30. The van der Waals surface area contributed by atoms with Crippen LogP contribution in [0.2, 0.25) is 0 Å². The fourth-order valence-electron chi connectivity index (χ4n) is 8.03. The number of carbonyl (C=O) groups excluding carboxylic acids is 3. The van der Waals surface area contributed by atoms with E-state index in [4.69, 9.17) is 14.2 Å². The molecule has 0 spiro atoms. The third kappa shape index (κ3) is 52.2. The molecule has 0 aromatic rings. The Hall–Kier alpha value is -2.63. The minimum Gasteiger partial charge on any atom is -0.462 e. The topological polar surface area (TPSA) is 78.9 Å². The maximum absolute atomic E-state index is 12.8. The first-order chi connectivity index (χ1) is 32.0. The van der Waals surface area contributed by atoms with Gasteiger partial charge in [-0.15, -0.1) is 0 Å². The third-order valence-electron chi connectivity index (χ3n) is 12.3. The Labute approximate surface area is 403 Å². The first-order valence-corrected chi connectivity index (χ1v) is 28.1. The van der Waals surface area contributed by atoms with E-state index in [2.05, 4.69) is 69.4 Å². The second-order valence-corrected chi connectivity index (χ2v) is 18.8. The number of rotatable bonds is 51. The summed E-state index contributed by atoms with van der Waals surface area (Å²) in [7, 11) is 0. The van der Waals surface area contributed by atoms with Gasteiger partial charge in [-0.25, -0.2) is 0 Å². The summed E-state index contributed by atoms with van der Waals surface area (Å²) in [6, 6.07) is 0. The summed E-state index contributed by atoms with van der Waals surface area (Å²) in [6.45, 7) is 6.62. The van der Waals surface area contributed by atoms with Gasteiger partial charge >= 0.3 is 17.9 Å². The Morgan fingerprint density at radius 3 is 0.892 bits per heavy atom. The molecule has 0 fully saturated rings. The average Bonchev–Trinajstić information content (AvgIpc) is 3.30. The van der Waals surface area contributed by atoms with E-state index < -0.39 is 6.10 Å². The highest BCUT2D eigenvalue weighted by Gasteiger charge is 2.19. The van der Waals surface area contributed by atoms with E-state index in [-0.39, 0.29) is 31.1 Å². The van der Waals surface area contributed by atoms with Crippen molar-refractivity contribution < 1.29 is 28.6 Å². The molecule has 6 nitrogen and oxygen atoms in total. The standard InChI is InChI=1S/C59H106O6/c1-4-7-10-13-16-19-22-25-26-27-28-29-30-31-32-35-37-40-43-46-49-52-58(61)64-55-56(65-59(62)53-50-47-44-41-38-34-24-21-18-15-12-9-6-3)54-63-57(60)51-48-45-42-39-36-33-23-20-17-14-11-8-5-2/h21-22,24-25,27-28,30-31,56H,4-20,23,26,29,32-55H2,1-3H3/b24-21-,25-22-,28-27-,31-30-. The molecule has 0 saturated carbocycles. The zero-order valence-corrected chi connectivity index (χ0v) is 43.3. The number of unbranched alkanes of at least 4 members (excludes halogenated alkanes) is 32. The first kappa shape index (κ1) is 62.4. The normalized spacial score (nSPS) is 12.4. The van der Waals surface area contributed by atoms with Gasteiger partial charge in [0.05, 0.1) is 0 Å². The van der Waals surface area contributed by atoms with E-state index in [0.717, 1.165) is 89.9 Å². The third-order valence-corrected chi connectivity index (χ3v) is 12.3. The number of hydrogen-bond donors (Lipinski definition) is 0.